The minimum absolute atomic E-state index is 0.0179. The zero-order chi connectivity index (χ0) is 19.5. The number of fused-ring (bicyclic) bond motifs is 1. The van der Waals surface area contributed by atoms with Gasteiger partial charge in [-0.3, -0.25) is 0 Å². The third kappa shape index (κ3) is 3.53. The molecule has 0 saturated carbocycles. The Morgan fingerprint density at radius 3 is 2.61 bits per heavy atom. The lowest BCUT2D eigenvalue weighted by atomic mass is 10.0. The predicted molar refractivity (Wildman–Crippen MR) is 103 cm³/mol. The maximum atomic E-state index is 14.7. The molecule has 0 amide bonds. The second-order valence-corrected chi connectivity index (χ2v) is 6.36. The highest BCUT2D eigenvalue weighted by Gasteiger charge is 2.15. The Bertz CT molecular complexity index is 1120. The van der Waals surface area contributed by atoms with Crippen LogP contribution in [-0.2, 0) is 13.0 Å². The van der Waals surface area contributed by atoms with Crippen LogP contribution in [0.4, 0.5) is 8.78 Å². The van der Waals surface area contributed by atoms with E-state index in [1.54, 1.807) is 30.5 Å². The van der Waals surface area contributed by atoms with Crippen LogP contribution < -0.4 is 9.47 Å². The molecule has 0 saturated heterocycles. The van der Waals surface area contributed by atoms with Crippen LogP contribution in [0.25, 0.3) is 11.0 Å². The van der Waals surface area contributed by atoms with E-state index in [0.29, 0.717) is 23.3 Å². The van der Waals surface area contributed by atoms with Crippen molar-refractivity contribution >= 4 is 11.0 Å². The van der Waals surface area contributed by atoms with E-state index in [4.69, 9.17) is 9.47 Å². The first-order valence-corrected chi connectivity index (χ1v) is 8.79. The number of nitrogens with one attached hydrogen (secondary N) is 1. The Morgan fingerprint density at radius 1 is 0.929 bits per heavy atom. The number of ether oxygens (including phenoxy) is 2. The summed E-state index contributed by atoms with van der Waals surface area (Å²) in [6.07, 6.45) is 3.90. The number of aromatic nitrogens is 2. The Morgan fingerprint density at radius 2 is 1.79 bits per heavy atom. The number of benzene rings is 2. The minimum Gasteiger partial charge on any atom is -0.493 e. The summed E-state index contributed by atoms with van der Waals surface area (Å²) >= 11 is 0. The van der Waals surface area contributed by atoms with E-state index < -0.39 is 5.82 Å². The molecule has 6 heteroatoms. The third-order valence-electron chi connectivity index (χ3n) is 4.59. The van der Waals surface area contributed by atoms with Crippen LogP contribution in [-0.4, -0.2) is 17.1 Å². The molecule has 0 radical (unpaired) electrons. The van der Waals surface area contributed by atoms with Gasteiger partial charge in [0.15, 0.2) is 11.5 Å². The van der Waals surface area contributed by atoms with Crippen LogP contribution in [0.1, 0.15) is 16.7 Å². The average molecular weight is 380 g/mol. The van der Waals surface area contributed by atoms with E-state index >= 15 is 0 Å². The zero-order valence-electron chi connectivity index (χ0n) is 15.2. The van der Waals surface area contributed by atoms with Crippen LogP contribution in [0, 0.1) is 11.6 Å². The molecule has 0 aliphatic carbocycles. The lowest BCUT2D eigenvalue weighted by Crippen LogP contribution is -2.02. The molecular formula is C22H18F2N2O2. The number of hydrogen-bond acceptors (Lipinski definition) is 3. The second kappa shape index (κ2) is 7.68. The van der Waals surface area contributed by atoms with Gasteiger partial charge in [-0.1, -0.05) is 18.2 Å². The Kier molecular flexibility index (Phi) is 4.93. The first-order valence-electron chi connectivity index (χ1n) is 8.79. The molecule has 2 aromatic heterocycles. The fraction of sp³-hybridized carbons (Fsp3) is 0.136. The molecule has 142 valence electrons. The Balaban J connectivity index is 1.59. The monoisotopic (exact) mass is 380 g/mol. The van der Waals surface area contributed by atoms with Gasteiger partial charge in [-0.05, 0) is 35.4 Å². The molecule has 4 aromatic rings. The highest BCUT2D eigenvalue weighted by molar-refractivity contribution is 5.79. The van der Waals surface area contributed by atoms with Crippen molar-refractivity contribution in [3.8, 4) is 11.5 Å². The largest absolute Gasteiger partial charge is 0.493 e. The Labute approximate surface area is 160 Å². The van der Waals surface area contributed by atoms with Crippen molar-refractivity contribution in [2.24, 2.45) is 0 Å². The van der Waals surface area contributed by atoms with Gasteiger partial charge in [-0.15, -0.1) is 0 Å². The maximum Gasteiger partial charge on any atom is 0.164 e. The van der Waals surface area contributed by atoms with Crippen molar-refractivity contribution in [2.45, 2.75) is 13.0 Å². The van der Waals surface area contributed by atoms with Gasteiger partial charge in [0.25, 0.3) is 0 Å². The summed E-state index contributed by atoms with van der Waals surface area (Å²) in [7, 11) is 1.49. The predicted octanol–water partition coefficient (Wildman–Crippen LogP) is 5.02. The van der Waals surface area contributed by atoms with Crippen molar-refractivity contribution in [3.63, 3.8) is 0 Å². The molecule has 0 atom stereocenters. The molecule has 0 fully saturated rings. The summed E-state index contributed by atoms with van der Waals surface area (Å²) in [6.45, 7) is -0.0179. The lowest BCUT2D eigenvalue weighted by Gasteiger charge is -2.13. The summed E-state index contributed by atoms with van der Waals surface area (Å²) < 4.78 is 39.5. The molecule has 2 aromatic carbocycles. The first-order chi connectivity index (χ1) is 13.7. The average Bonchev–Trinajstić information content (AvgIpc) is 3.12. The fourth-order valence-corrected chi connectivity index (χ4v) is 3.12. The smallest absolute Gasteiger partial charge is 0.164 e. The standard InChI is InChI=1S/C22H18F2N2O2/c1-27-20-10-15(9-16-12-26-22-17(16)6-4-8-25-22)19(24)11-21(20)28-13-14-5-2-3-7-18(14)23/h2-8,10-12H,9,13H2,1H3,(H,25,26). The van der Waals surface area contributed by atoms with Gasteiger partial charge < -0.3 is 14.5 Å². The van der Waals surface area contributed by atoms with Gasteiger partial charge >= 0.3 is 0 Å². The van der Waals surface area contributed by atoms with Crippen LogP contribution >= 0.6 is 0 Å². The number of rotatable bonds is 6. The van der Waals surface area contributed by atoms with Crippen LogP contribution in [0.15, 0.2) is 60.9 Å². The topological polar surface area (TPSA) is 47.1 Å². The van der Waals surface area contributed by atoms with E-state index in [2.05, 4.69) is 9.97 Å². The summed E-state index contributed by atoms with van der Waals surface area (Å²) in [5.41, 5.74) is 2.55. The molecule has 4 rings (SSSR count). The molecule has 0 spiro atoms. The maximum absolute atomic E-state index is 14.7. The molecule has 28 heavy (non-hydrogen) atoms. The number of pyridine rings is 1. The van der Waals surface area contributed by atoms with Gasteiger partial charge in [-0.25, -0.2) is 13.8 Å². The van der Waals surface area contributed by atoms with Crippen LogP contribution in [0.2, 0.25) is 0 Å². The number of aromatic amines is 1. The quantitative estimate of drug-likeness (QED) is 0.511. The van der Waals surface area contributed by atoms with E-state index in [1.165, 1.54) is 19.2 Å². The molecule has 0 unspecified atom stereocenters. The molecular weight excluding hydrogens is 362 g/mol. The number of nitrogens with zero attached hydrogens (tertiary/aromatic N) is 1. The highest BCUT2D eigenvalue weighted by atomic mass is 19.1. The zero-order valence-corrected chi connectivity index (χ0v) is 15.2. The molecule has 0 bridgehead atoms. The summed E-state index contributed by atoms with van der Waals surface area (Å²) in [5.74, 6) is -0.160. The normalized spacial score (nSPS) is 11.0. The SMILES string of the molecule is COc1cc(Cc2c[nH]c3ncccc23)c(F)cc1OCc1ccccc1F. The summed E-state index contributed by atoms with van der Waals surface area (Å²) in [5, 5.41) is 0.945. The molecule has 2 heterocycles. The number of methoxy groups -OCH3 is 1. The van der Waals surface area contributed by atoms with Crippen molar-refractivity contribution < 1.29 is 18.3 Å². The van der Waals surface area contributed by atoms with Gasteiger partial charge in [0.1, 0.15) is 23.9 Å². The third-order valence-corrected chi connectivity index (χ3v) is 4.59. The van der Waals surface area contributed by atoms with Gasteiger partial charge in [0, 0.05) is 35.8 Å². The van der Waals surface area contributed by atoms with Crippen LogP contribution in [0.3, 0.4) is 0 Å². The van der Waals surface area contributed by atoms with Gasteiger partial charge in [0.05, 0.1) is 7.11 Å². The Hall–Kier alpha value is -3.41. The molecule has 0 aliphatic rings. The van der Waals surface area contributed by atoms with E-state index in [0.717, 1.165) is 16.6 Å². The van der Waals surface area contributed by atoms with Gasteiger partial charge in [-0.2, -0.15) is 0 Å². The fourth-order valence-electron chi connectivity index (χ4n) is 3.12. The summed E-state index contributed by atoms with van der Waals surface area (Å²) in [4.78, 5) is 7.34. The highest BCUT2D eigenvalue weighted by Crippen LogP contribution is 2.32. The van der Waals surface area contributed by atoms with Crippen LogP contribution in [0.5, 0.6) is 11.5 Å². The number of halogens is 2. The second-order valence-electron chi connectivity index (χ2n) is 6.36. The van der Waals surface area contributed by atoms with E-state index in [-0.39, 0.29) is 18.2 Å². The minimum atomic E-state index is -0.414. The van der Waals surface area contributed by atoms with E-state index in [1.807, 2.05) is 18.3 Å². The molecule has 1 N–H and O–H groups in total. The molecule has 4 nitrogen and oxygen atoms in total. The lowest BCUT2D eigenvalue weighted by molar-refractivity contribution is 0.278. The van der Waals surface area contributed by atoms with Crippen molar-refractivity contribution in [1.29, 1.82) is 0 Å². The molecule has 0 aliphatic heterocycles. The van der Waals surface area contributed by atoms with Crippen molar-refractivity contribution in [2.75, 3.05) is 7.11 Å². The number of H-pyrrole nitrogens is 1. The van der Waals surface area contributed by atoms with Crippen molar-refractivity contribution in [3.05, 3.63) is 89.2 Å². The number of hydrogen-bond donors (Lipinski definition) is 1. The van der Waals surface area contributed by atoms with Gasteiger partial charge in [0.2, 0.25) is 0 Å². The summed E-state index contributed by atoms with van der Waals surface area (Å²) in [6, 6.07) is 13.0. The van der Waals surface area contributed by atoms with Crippen molar-refractivity contribution in [1.82, 2.24) is 9.97 Å². The first kappa shape index (κ1) is 18.0. The van der Waals surface area contributed by atoms with E-state index in [9.17, 15) is 8.78 Å².